The Bertz CT molecular complexity index is 622. The standard InChI is InChI=1S/C16H24N2O4S/c1-3-18(11-14-8-9-22-12-14)16(19)17-10-13-4-6-15(7-5-13)23(2,20)21/h4-7,14H,3,8-12H2,1-2H3,(H,17,19). The summed E-state index contributed by atoms with van der Waals surface area (Å²) in [6.45, 7) is 5.18. The van der Waals surface area contributed by atoms with Crippen LogP contribution in [0, 0.1) is 5.92 Å². The fraction of sp³-hybridized carbons (Fsp3) is 0.562. The number of hydrogen-bond acceptors (Lipinski definition) is 4. The zero-order chi connectivity index (χ0) is 16.9. The third kappa shape index (κ3) is 5.21. The Morgan fingerprint density at radius 3 is 2.57 bits per heavy atom. The molecule has 0 spiro atoms. The maximum atomic E-state index is 12.2. The lowest BCUT2D eigenvalue weighted by atomic mass is 10.1. The molecule has 2 amide bonds. The molecule has 1 aromatic rings. The topological polar surface area (TPSA) is 75.7 Å². The minimum absolute atomic E-state index is 0.105. The van der Waals surface area contributed by atoms with Gasteiger partial charge in [-0.05, 0) is 31.0 Å². The number of urea groups is 1. The number of rotatable bonds is 6. The molecule has 128 valence electrons. The van der Waals surface area contributed by atoms with E-state index in [1.54, 1.807) is 29.2 Å². The van der Waals surface area contributed by atoms with E-state index >= 15 is 0 Å². The lowest BCUT2D eigenvalue weighted by Gasteiger charge is -2.24. The Balaban J connectivity index is 1.87. The summed E-state index contributed by atoms with van der Waals surface area (Å²) in [5.74, 6) is 0.412. The van der Waals surface area contributed by atoms with Gasteiger partial charge in [-0.25, -0.2) is 13.2 Å². The molecule has 23 heavy (non-hydrogen) atoms. The van der Waals surface area contributed by atoms with Crippen molar-refractivity contribution in [3.63, 3.8) is 0 Å². The van der Waals surface area contributed by atoms with Gasteiger partial charge in [0.1, 0.15) is 0 Å². The summed E-state index contributed by atoms with van der Waals surface area (Å²) in [5, 5.41) is 2.88. The molecule has 1 aliphatic rings. The molecule has 0 aromatic heterocycles. The van der Waals surface area contributed by atoms with E-state index in [2.05, 4.69) is 5.32 Å². The van der Waals surface area contributed by atoms with E-state index in [0.717, 1.165) is 25.2 Å². The first-order chi connectivity index (χ1) is 10.9. The number of ether oxygens (including phenoxy) is 1. The summed E-state index contributed by atoms with van der Waals surface area (Å²) in [5.41, 5.74) is 0.867. The molecule has 1 aromatic carbocycles. The number of nitrogens with one attached hydrogen (secondary N) is 1. The van der Waals surface area contributed by atoms with Crippen molar-refractivity contribution < 1.29 is 17.9 Å². The fourth-order valence-electron chi connectivity index (χ4n) is 2.54. The Morgan fingerprint density at radius 2 is 2.04 bits per heavy atom. The van der Waals surface area contributed by atoms with Crippen molar-refractivity contribution in [1.82, 2.24) is 10.2 Å². The molecule has 7 heteroatoms. The first kappa shape index (κ1) is 17.7. The van der Waals surface area contributed by atoms with Crippen molar-refractivity contribution in [3.05, 3.63) is 29.8 Å². The summed E-state index contributed by atoms with van der Waals surface area (Å²) in [4.78, 5) is 14.3. The molecule has 1 aliphatic heterocycles. The van der Waals surface area contributed by atoms with Crippen LogP contribution in [0.1, 0.15) is 18.9 Å². The molecule has 1 fully saturated rings. The Hall–Kier alpha value is -1.60. The molecular formula is C16H24N2O4S. The van der Waals surface area contributed by atoms with E-state index in [4.69, 9.17) is 4.74 Å². The number of hydrogen-bond donors (Lipinski definition) is 1. The van der Waals surface area contributed by atoms with Gasteiger partial charge >= 0.3 is 6.03 Å². The fourth-order valence-corrected chi connectivity index (χ4v) is 3.17. The predicted octanol–water partition coefficient (Wildman–Crippen LogP) is 1.66. The summed E-state index contributed by atoms with van der Waals surface area (Å²) in [7, 11) is -3.19. The number of amides is 2. The van der Waals surface area contributed by atoms with Crippen LogP contribution in [-0.2, 0) is 21.1 Å². The van der Waals surface area contributed by atoms with Gasteiger partial charge in [-0.1, -0.05) is 12.1 Å². The summed E-state index contributed by atoms with van der Waals surface area (Å²) in [6, 6.07) is 6.45. The van der Waals surface area contributed by atoms with Crippen molar-refractivity contribution in [2.45, 2.75) is 24.8 Å². The summed E-state index contributed by atoms with van der Waals surface area (Å²) >= 11 is 0. The Morgan fingerprint density at radius 1 is 1.35 bits per heavy atom. The highest BCUT2D eigenvalue weighted by Gasteiger charge is 2.21. The lowest BCUT2D eigenvalue weighted by Crippen LogP contribution is -2.42. The third-order valence-electron chi connectivity index (χ3n) is 3.97. The van der Waals surface area contributed by atoms with E-state index in [1.807, 2.05) is 6.92 Å². The lowest BCUT2D eigenvalue weighted by molar-refractivity contribution is 0.166. The maximum Gasteiger partial charge on any atom is 0.317 e. The number of nitrogens with zero attached hydrogens (tertiary/aromatic N) is 1. The molecule has 1 saturated heterocycles. The molecule has 6 nitrogen and oxygen atoms in total. The van der Waals surface area contributed by atoms with Crippen molar-refractivity contribution in [1.29, 1.82) is 0 Å². The molecule has 0 aliphatic carbocycles. The molecule has 1 heterocycles. The van der Waals surface area contributed by atoms with Gasteiger partial charge in [0.05, 0.1) is 11.5 Å². The van der Waals surface area contributed by atoms with Crippen LogP contribution >= 0.6 is 0 Å². The second-order valence-corrected chi connectivity index (χ2v) is 7.86. The summed E-state index contributed by atoms with van der Waals surface area (Å²) in [6.07, 6.45) is 2.17. The van der Waals surface area contributed by atoms with Crippen molar-refractivity contribution in [2.75, 3.05) is 32.6 Å². The highest BCUT2D eigenvalue weighted by Crippen LogP contribution is 2.14. The van der Waals surface area contributed by atoms with Crippen LogP contribution in [0.4, 0.5) is 4.79 Å². The van der Waals surface area contributed by atoms with Gasteiger partial charge in [0.25, 0.3) is 0 Å². The van der Waals surface area contributed by atoms with Gasteiger partial charge in [0.2, 0.25) is 0 Å². The Kier molecular flexibility index (Phi) is 6.01. The molecule has 0 bridgehead atoms. The van der Waals surface area contributed by atoms with E-state index in [0.29, 0.717) is 25.6 Å². The monoisotopic (exact) mass is 340 g/mol. The number of benzene rings is 1. The van der Waals surface area contributed by atoms with Crippen molar-refractivity contribution in [3.8, 4) is 0 Å². The van der Waals surface area contributed by atoms with Gasteiger partial charge in [-0.2, -0.15) is 0 Å². The van der Waals surface area contributed by atoms with E-state index in [-0.39, 0.29) is 10.9 Å². The van der Waals surface area contributed by atoms with Crippen LogP contribution < -0.4 is 5.32 Å². The van der Waals surface area contributed by atoms with Gasteiger partial charge in [0.15, 0.2) is 9.84 Å². The van der Waals surface area contributed by atoms with Gasteiger partial charge in [0, 0.05) is 38.4 Å². The van der Waals surface area contributed by atoms with Crippen molar-refractivity contribution in [2.24, 2.45) is 5.92 Å². The van der Waals surface area contributed by atoms with E-state index in [1.165, 1.54) is 6.26 Å². The molecule has 0 radical (unpaired) electrons. The average Bonchev–Trinajstić information content (AvgIpc) is 3.03. The largest absolute Gasteiger partial charge is 0.381 e. The van der Waals surface area contributed by atoms with Gasteiger partial charge < -0.3 is 15.0 Å². The predicted molar refractivity (Wildman–Crippen MR) is 88.0 cm³/mol. The zero-order valence-electron chi connectivity index (χ0n) is 13.6. The SMILES string of the molecule is CCN(CC1CCOC1)C(=O)NCc1ccc(S(C)(=O)=O)cc1. The smallest absolute Gasteiger partial charge is 0.317 e. The van der Waals surface area contributed by atoms with Crippen molar-refractivity contribution >= 4 is 15.9 Å². The first-order valence-corrected chi connectivity index (χ1v) is 9.68. The minimum Gasteiger partial charge on any atom is -0.381 e. The zero-order valence-corrected chi connectivity index (χ0v) is 14.4. The molecular weight excluding hydrogens is 316 g/mol. The highest BCUT2D eigenvalue weighted by molar-refractivity contribution is 7.90. The number of carbonyl (C=O) groups excluding carboxylic acids is 1. The first-order valence-electron chi connectivity index (χ1n) is 7.79. The molecule has 1 atom stereocenters. The van der Waals surface area contributed by atoms with Crippen LogP contribution in [0.2, 0.25) is 0 Å². The number of carbonyl (C=O) groups is 1. The molecule has 2 rings (SSSR count). The van der Waals surface area contributed by atoms with E-state index in [9.17, 15) is 13.2 Å². The highest BCUT2D eigenvalue weighted by atomic mass is 32.2. The maximum absolute atomic E-state index is 12.2. The normalized spacial score (nSPS) is 17.9. The van der Waals surface area contributed by atoms with Gasteiger partial charge in [-0.3, -0.25) is 0 Å². The van der Waals surface area contributed by atoms with Crippen LogP contribution in [0.3, 0.4) is 0 Å². The average molecular weight is 340 g/mol. The van der Waals surface area contributed by atoms with Crippen LogP contribution in [0.5, 0.6) is 0 Å². The third-order valence-corrected chi connectivity index (χ3v) is 5.10. The molecule has 0 saturated carbocycles. The van der Waals surface area contributed by atoms with E-state index < -0.39 is 9.84 Å². The number of sulfone groups is 1. The molecule has 1 unspecified atom stereocenters. The minimum atomic E-state index is -3.19. The van der Waals surface area contributed by atoms with Crippen LogP contribution in [-0.4, -0.2) is 51.9 Å². The second-order valence-electron chi connectivity index (χ2n) is 5.84. The Labute approximate surface area is 137 Å². The molecule has 1 N–H and O–H groups in total. The van der Waals surface area contributed by atoms with Crippen LogP contribution in [0.15, 0.2) is 29.2 Å². The summed E-state index contributed by atoms with van der Waals surface area (Å²) < 4.78 is 28.2. The van der Waals surface area contributed by atoms with Gasteiger partial charge in [-0.15, -0.1) is 0 Å². The van der Waals surface area contributed by atoms with Crippen LogP contribution in [0.25, 0.3) is 0 Å². The quantitative estimate of drug-likeness (QED) is 0.854. The second kappa shape index (κ2) is 7.79.